The Bertz CT molecular complexity index is 1090. The van der Waals surface area contributed by atoms with Crippen LogP contribution in [0.1, 0.15) is 28.9 Å². The molecule has 2 aromatic carbocycles. The molecule has 1 aliphatic rings. The number of hydrogen-bond acceptors (Lipinski definition) is 4. The Labute approximate surface area is 162 Å². The van der Waals surface area contributed by atoms with Crippen LogP contribution in [-0.2, 0) is 6.54 Å². The largest absolute Gasteiger partial charge is 0.497 e. The number of aromatic nitrogens is 1. The van der Waals surface area contributed by atoms with Gasteiger partial charge in [0, 0.05) is 17.0 Å². The van der Waals surface area contributed by atoms with Crippen LogP contribution in [0.2, 0.25) is 0 Å². The van der Waals surface area contributed by atoms with Crippen LogP contribution >= 0.6 is 0 Å². The van der Waals surface area contributed by atoms with Crippen molar-refractivity contribution in [1.82, 2.24) is 9.88 Å². The summed E-state index contributed by atoms with van der Waals surface area (Å²) in [5.74, 6) is 1.22. The number of ether oxygens (including phenoxy) is 2. The molecule has 1 aromatic heterocycles. The fourth-order valence-corrected chi connectivity index (χ4v) is 3.42. The van der Waals surface area contributed by atoms with Crippen LogP contribution < -0.4 is 15.0 Å². The maximum Gasteiger partial charge on any atom is 0.270 e. The fourth-order valence-electron chi connectivity index (χ4n) is 3.42. The molecule has 1 N–H and O–H groups in total. The first-order valence-corrected chi connectivity index (χ1v) is 9.24. The van der Waals surface area contributed by atoms with E-state index in [2.05, 4.69) is 4.98 Å². The molecule has 1 heterocycles. The highest BCUT2D eigenvalue weighted by atomic mass is 16.5. The van der Waals surface area contributed by atoms with Crippen LogP contribution in [-0.4, -0.2) is 36.1 Å². The molecule has 0 unspecified atom stereocenters. The molecule has 6 nitrogen and oxygen atoms in total. The van der Waals surface area contributed by atoms with E-state index in [9.17, 15) is 9.59 Å². The zero-order valence-corrected chi connectivity index (χ0v) is 15.9. The molecule has 0 spiro atoms. The summed E-state index contributed by atoms with van der Waals surface area (Å²) in [7, 11) is 3.21. The minimum Gasteiger partial charge on any atom is -0.497 e. The lowest BCUT2D eigenvalue weighted by atomic mass is 10.1. The summed E-state index contributed by atoms with van der Waals surface area (Å²) in [6.45, 7) is 0.388. The average molecular weight is 378 g/mol. The zero-order chi connectivity index (χ0) is 19.7. The number of nitrogens with zero attached hydrogens (tertiary/aromatic N) is 1. The van der Waals surface area contributed by atoms with Crippen LogP contribution in [0.15, 0.2) is 53.3 Å². The minimum absolute atomic E-state index is 0.165. The molecule has 0 atom stereocenters. The monoisotopic (exact) mass is 378 g/mol. The van der Waals surface area contributed by atoms with Gasteiger partial charge in [0.25, 0.3) is 11.5 Å². The maximum absolute atomic E-state index is 13.3. The van der Waals surface area contributed by atoms with Crippen molar-refractivity contribution in [1.29, 1.82) is 0 Å². The second-order valence-electron chi connectivity index (χ2n) is 6.94. The molecule has 1 amide bonds. The Morgan fingerprint density at radius 1 is 1.11 bits per heavy atom. The third kappa shape index (κ3) is 3.45. The zero-order valence-electron chi connectivity index (χ0n) is 15.9. The first-order chi connectivity index (χ1) is 13.6. The number of rotatable bonds is 6. The highest BCUT2D eigenvalue weighted by Crippen LogP contribution is 2.33. The van der Waals surface area contributed by atoms with Crippen molar-refractivity contribution in [2.24, 2.45) is 0 Å². The lowest BCUT2D eigenvalue weighted by molar-refractivity contribution is 0.0722. The normalized spacial score (nSPS) is 13.4. The molecule has 6 heteroatoms. The standard InChI is InChI=1S/C22H22N2O4/c1-27-17-9-10-20(28-2)15(11-17)13-24(16-7-8-16)22(26)19-12-14-5-3-4-6-18(14)21(25)23-19/h3-6,9-12,16H,7-8,13H2,1-2H3,(H,23,25). The van der Waals surface area contributed by atoms with Crippen LogP contribution in [0.3, 0.4) is 0 Å². The molecule has 3 aromatic rings. The lowest BCUT2D eigenvalue weighted by Gasteiger charge is -2.24. The van der Waals surface area contributed by atoms with Gasteiger partial charge in [-0.25, -0.2) is 0 Å². The van der Waals surface area contributed by atoms with Crippen LogP contribution in [0, 0.1) is 0 Å². The molecule has 1 aliphatic carbocycles. The summed E-state index contributed by atoms with van der Waals surface area (Å²) >= 11 is 0. The highest BCUT2D eigenvalue weighted by molar-refractivity contribution is 5.96. The molecule has 0 saturated heterocycles. The Morgan fingerprint density at radius 3 is 2.61 bits per heavy atom. The smallest absolute Gasteiger partial charge is 0.270 e. The van der Waals surface area contributed by atoms with Crippen LogP contribution in [0.4, 0.5) is 0 Å². The van der Waals surface area contributed by atoms with Gasteiger partial charge in [0.05, 0.1) is 20.8 Å². The third-order valence-electron chi connectivity index (χ3n) is 5.06. The Kier molecular flexibility index (Phi) is 4.77. The number of nitrogens with one attached hydrogen (secondary N) is 1. The van der Waals surface area contributed by atoms with E-state index in [0.29, 0.717) is 29.1 Å². The molecular formula is C22H22N2O4. The predicted octanol–water partition coefficient (Wildman–Crippen LogP) is 3.35. The van der Waals surface area contributed by atoms with Gasteiger partial charge in [0.1, 0.15) is 17.2 Å². The van der Waals surface area contributed by atoms with Crippen molar-refractivity contribution < 1.29 is 14.3 Å². The van der Waals surface area contributed by atoms with Crippen LogP contribution in [0.5, 0.6) is 11.5 Å². The molecule has 1 fully saturated rings. The van der Waals surface area contributed by atoms with Gasteiger partial charge < -0.3 is 19.4 Å². The third-order valence-corrected chi connectivity index (χ3v) is 5.06. The van der Waals surface area contributed by atoms with Gasteiger partial charge in [-0.1, -0.05) is 18.2 Å². The number of pyridine rings is 1. The van der Waals surface area contributed by atoms with E-state index in [-0.39, 0.29) is 17.5 Å². The summed E-state index contributed by atoms with van der Waals surface area (Å²) in [6.07, 6.45) is 1.91. The fraction of sp³-hybridized carbons (Fsp3) is 0.273. The number of amides is 1. The molecule has 4 rings (SSSR count). The quantitative estimate of drug-likeness (QED) is 0.714. The van der Waals surface area contributed by atoms with E-state index in [1.807, 2.05) is 36.4 Å². The number of aromatic amines is 1. The summed E-state index contributed by atoms with van der Waals surface area (Å²) < 4.78 is 10.8. The SMILES string of the molecule is COc1ccc(OC)c(CN(C(=O)c2cc3ccccc3c(=O)[nH]2)C2CC2)c1. The summed E-state index contributed by atoms with van der Waals surface area (Å²) in [4.78, 5) is 30.2. The van der Waals surface area contributed by atoms with Gasteiger partial charge in [-0.15, -0.1) is 0 Å². The van der Waals surface area contributed by atoms with E-state index < -0.39 is 0 Å². The highest BCUT2D eigenvalue weighted by Gasteiger charge is 2.34. The van der Waals surface area contributed by atoms with Gasteiger partial charge in [-0.05, 0) is 48.6 Å². The molecule has 0 radical (unpaired) electrons. The molecule has 1 saturated carbocycles. The first kappa shape index (κ1) is 18.1. The van der Waals surface area contributed by atoms with Gasteiger partial charge in [-0.3, -0.25) is 9.59 Å². The molecule has 28 heavy (non-hydrogen) atoms. The maximum atomic E-state index is 13.3. The van der Waals surface area contributed by atoms with Gasteiger partial charge in [0.15, 0.2) is 0 Å². The average Bonchev–Trinajstić information content (AvgIpc) is 3.56. The number of benzene rings is 2. The summed E-state index contributed by atoms with van der Waals surface area (Å²) in [5, 5.41) is 1.33. The topological polar surface area (TPSA) is 71.6 Å². The van der Waals surface area contributed by atoms with Crippen molar-refractivity contribution in [3.8, 4) is 11.5 Å². The molecule has 144 valence electrons. The van der Waals surface area contributed by atoms with E-state index in [4.69, 9.17) is 9.47 Å². The van der Waals surface area contributed by atoms with Crippen molar-refractivity contribution in [3.05, 3.63) is 70.1 Å². The lowest BCUT2D eigenvalue weighted by Crippen LogP contribution is -2.34. The molecular weight excluding hydrogens is 356 g/mol. The molecule has 0 bridgehead atoms. The number of carbonyl (C=O) groups excluding carboxylic acids is 1. The minimum atomic E-state index is -0.254. The number of fused-ring (bicyclic) bond motifs is 1. The number of carbonyl (C=O) groups is 1. The van der Waals surface area contributed by atoms with Gasteiger partial charge in [-0.2, -0.15) is 0 Å². The van der Waals surface area contributed by atoms with Gasteiger partial charge in [0.2, 0.25) is 0 Å². The van der Waals surface area contributed by atoms with Crippen molar-refractivity contribution >= 4 is 16.7 Å². The van der Waals surface area contributed by atoms with E-state index in [0.717, 1.165) is 23.8 Å². The second kappa shape index (κ2) is 7.38. The second-order valence-corrected chi connectivity index (χ2v) is 6.94. The van der Waals surface area contributed by atoms with E-state index in [1.54, 1.807) is 31.3 Å². The number of methoxy groups -OCH3 is 2. The van der Waals surface area contributed by atoms with Crippen molar-refractivity contribution in [2.75, 3.05) is 14.2 Å². The number of hydrogen-bond donors (Lipinski definition) is 1. The summed E-state index contributed by atoms with van der Waals surface area (Å²) in [6, 6.07) is 14.7. The van der Waals surface area contributed by atoms with E-state index in [1.165, 1.54) is 0 Å². The number of H-pyrrole nitrogens is 1. The van der Waals surface area contributed by atoms with Crippen molar-refractivity contribution in [3.63, 3.8) is 0 Å². The Balaban J connectivity index is 1.69. The molecule has 0 aliphatic heterocycles. The Hall–Kier alpha value is -3.28. The summed E-state index contributed by atoms with van der Waals surface area (Å²) in [5.41, 5.74) is 0.916. The first-order valence-electron chi connectivity index (χ1n) is 9.24. The van der Waals surface area contributed by atoms with Crippen LogP contribution in [0.25, 0.3) is 10.8 Å². The van der Waals surface area contributed by atoms with Crippen molar-refractivity contribution in [2.45, 2.75) is 25.4 Å². The predicted molar refractivity (Wildman–Crippen MR) is 107 cm³/mol. The van der Waals surface area contributed by atoms with E-state index >= 15 is 0 Å². The Morgan fingerprint density at radius 2 is 1.89 bits per heavy atom. The van der Waals surface area contributed by atoms with Gasteiger partial charge >= 0.3 is 0 Å².